The topological polar surface area (TPSA) is 24.5 Å². The van der Waals surface area contributed by atoms with Crippen molar-refractivity contribution in [2.75, 3.05) is 31.7 Å². The Labute approximate surface area is 104 Å². The van der Waals surface area contributed by atoms with Crippen molar-refractivity contribution in [3.8, 4) is 0 Å². The number of hydrogen-bond acceptors (Lipinski definition) is 3. The predicted molar refractivity (Wildman–Crippen MR) is 71.4 cm³/mol. The summed E-state index contributed by atoms with van der Waals surface area (Å²) < 4.78 is 5.21. The monoisotopic (exact) mass is 234 g/mol. The summed E-state index contributed by atoms with van der Waals surface area (Å²) in [5.41, 5.74) is 2.74. The van der Waals surface area contributed by atoms with Crippen LogP contribution in [0.3, 0.4) is 0 Å². The molecule has 0 aliphatic carbocycles. The van der Waals surface area contributed by atoms with E-state index in [1.165, 1.54) is 11.3 Å². The SMILES string of the molecule is CCC1CN(CCOC)c2ccccc2CN1. The highest BCUT2D eigenvalue weighted by Crippen LogP contribution is 2.23. The molecule has 1 unspecified atom stereocenters. The second-order valence-electron chi connectivity index (χ2n) is 4.55. The Morgan fingerprint density at radius 1 is 1.41 bits per heavy atom. The van der Waals surface area contributed by atoms with E-state index in [1.54, 1.807) is 7.11 Å². The lowest BCUT2D eigenvalue weighted by Gasteiger charge is -2.27. The van der Waals surface area contributed by atoms with Crippen molar-refractivity contribution in [3.05, 3.63) is 29.8 Å². The fourth-order valence-corrected chi connectivity index (χ4v) is 2.34. The highest BCUT2D eigenvalue weighted by molar-refractivity contribution is 5.54. The number of methoxy groups -OCH3 is 1. The third-order valence-corrected chi connectivity index (χ3v) is 3.41. The number of hydrogen-bond donors (Lipinski definition) is 1. The molecule has 1 heterocycles. The van der Waals surface area contributed by atoms with Crippen molar-refractivity contribution >= 4 is 5.69 Å². The van der Waals surface area contributed by atoms with E-state index in [0.717, 1.165) is 32.7 Å². The molecule has 94 valence electrons. The summed E-state index contributed by atoms with van der Waals surface area (Å²) in [5.74, 6) is 0. The smallest absolute Gasteiger partial charge is 0.0637 e. The van der Waals surface area contributed by atoms with E-state index >= 15 is 0 Å². The third-order valence-electron chi connectivity index (χ3n) is 3.41. The number of rotatable bonds is 4. The fraction of sp³-hybridized carbons (Fsp3) is 0.571. The second kappa shape index (κ2) is 6.03. The molecule has 0 bridgehead atoms. The number of anilines is 1. The summed E-state index contributed by atoms with van der Waals surface area (Å²) in [4.78, 5) is 2.44. The maximum Gasteiger partial charge on any atom is 0.0637 e. The normalized spacial score (nSPS) is 19.9. The zero-order valence-electron chi connectivity index (χ0n) is 10.8. The van der Waals surface area contributed by atoms with Gasteiger partial charge in [-0.15, -0.1) is 0 Å². The molecular weight excluding hydrogens is 212 g/mol. The van der Waals surface area contributed by atoms with Gasteiger partial charge in [0.05, 0.1) is 6.61 Å². The molecule has 0 saturated carbocycles. The van der Waals surface area contributed by atoms with Gasteiger partial charge in [-0.25, -0.2) is 0 Å². The molecule has 3 nitrogen and oxygen atoms in total. The standard InChI is InChI=1S/C14H22N2O/c1-3-13-11-16(8-9-17-2)14-7-5-4-6-12(14)10-15-13/h4-7,13,15H,3,8-11H2,1-2H3. The van der Waals surface area contributed by atoms with Crippen molar-refractivity contribution in [2.45, 2.75) is 25.9 Å². The fourth-order valence-electron chi connectivity index (χ4n) is 2.34. The molecule has 1 aromatic carbocycles. The van der Waals surface area contributed by atoms with E-state index in [-0.39, 0.29) is 0 Å². The molecule has 3 heteroatoms. The van der Waals surface area contributed by atoms with Crippen LogP contribution in [0.5, 0.6) is 0 Å². The maximum absolute atomic E-state index is 5.21. The van der Waals surface area contributed by atoms with Crippen molar-refractivity contribution in [1.82, 2.24) is 5.32 Å². The van der Waals surface area contributed by atoms with Crippen molar-refractivity contribution in [2.24, 2.45) is 0 Å². The van der Waals surface area contributed by atoms with Gasteiger partial charge < -0.3 is 15.0 Å². The van der Waals surface area contributed by atoms with E-state index in [0.29, 0.717) is 6.04 Å². The number of fused-ring (bicyclic) bond motifs is 1. The van der Waals surface area contributed by atoms with Gasteiger partial charge in [-0.1, -0.05) is 25.1 Å². The maximum atomic E-state index is 5.21. The molecule has 0 saturated heterocycles. The molecule has 17 heavy (non-hydrogen) atoms. The van der Waals surface area contributed by atoms with Crippen molar-refractivity contribution < 1.29 is 4.74 Å². The van der Waals surface area contributed by atoms with E-state index in [9.17, 15) is 0 Å². The predicted octanol–water partition coefficient (Wildman–Crippen LogP) is 2.02. The molecule has 1 aromatic rings. The average Bonchev–Trinajstić information content (AvgIpc) is 2.56. The molecule has 0 radical (unpaired) electrons. The molecule has 1 aliphatic rings. The third kappa shape index (κ3) is 2.99. The Bertz CT molecular complexity index is 354. The van der Waals surface area contributed by atoms with Gasteiger partial charge in [0.25, 0.3) is 0 Å². The average molecular weight is 234 g/mol. The van der Waals surface area contributed by atoms with Gasteiger partial charge in [0, 0.05) is 38.5 Å². The van der Waals surface area contributed by atoms with Crippen LogP contribution < -0.4 is 10.2 Å². The Hall–Kier alpha value is -1.06. The number of ether oxygens (including phenoxy) is 1. The molecule has 0 spiro atoms. The lowest BCUT2D eigenvalue weighted by atomic mass is 10.1. The highest BCUT2D eigenvalue weighted by Gasteiger charge is 2.19. The van der Waals surface area contributed by atoms with E-state index in [4.69, 9.17) is 4.74 Å². The van der Waals surface area contributed by atoms with Crippen LogP contribution in [0.1, 0.15) is 18.9 Å². The lowest BCUT2D eigenvalue weighted by Crippen LogP contribution is -2.39. The zero-order chi connectivity index (χ0) is 12.1. The summed E-state index contributed by atoms with van der Waals surface area (Å²) in [6.07, 6.45) is 1.16. The number of benzene rings is 1. The first-order valence-corrected chi connectivity index (χ1v) is 6.40. The Morgan fingerprint density at radius 2 is 2.24 bits per heavy atom. The van der Waals surface area contributed by atoms with E-state index in [1.807, 2.05) is 0 Å². The quantitative estimate of drug-likeness (QED) is 0.862. The Morgan fingerprint density at radius 3 is 3.00 bits per heavy atom. The summed E-state index contributed by atoms with van der Waals surface area (Å²) in [6.45, 7) is 6.02. The van der Waals surface area contributed by atoms with Gasteiger partial charge in [0.15, 0.2) is 0 Å². The minimum Gasteiger partial charge on any atom is -0.383 e. The molecule has 0 amide bonds. The molecule has 0 aromatic heterocycles. The van der Waals surface area contributed by atoms with Gasteiger partial charge in [-0.2, -0.15) is 0 Å². The lowest BCUT2D eigenvalue weighted by molar-refractivity contribution is 0.204. The summed E-state index contributed by atoms with van der Waals surface area (Å²) in [7, 11) is 1.76. The number of nitrogens with zero attached hydrogens (tertiary/aromatic N) is 1. The van der Waals surface area contributed by atoms with Gasteiger partial charge >= 0.3 is 0 Å². The van der Waals surface area contributed by atoms with Crippen LogP contribution in [0.4, 0.5) is 5.69 Å². The highest BCUT2D eigenvalue weighted by atomic mass is 16.5. The minimum absolute atomic E-state index is 0.569. The van der Waals surface area contributed by atoms with Crippen LogP contribution in [-0.4, -0.2) is 32.8 Å². The van der Waals surface area contributed by atoms with Gasteiger partial charge in [-0.05, 0) is 18.1 Å². The van der Waals surface area contributed by atoms with Crippen LogP contribution in [0.15, 0.2) is 24.3 Å². The van der Waals surface area contributed by atoms with Crippen LogP contribution in [-0.2, 0) is 11.3 Å². The van der Waals surface area contributed by atoms with Crippen molar-refractivity contribution in [3.63, 3.8) is 0 Å². The van der Waals surface area contributed by atoms with Crippen LogP contribution in [0.2, 0.25) is 0 Å². The molecule has 0 fully saturated rings. The number of para-hydroxylation sites is 1. The van der Waals surface area contributed by atoms with Crippen LogP contribution in [0.25, 0.3) is 0 Å². The molecule has 2 rings (SSSR count). The van der Waals surface area contributed by atoms with Crippen molar-refractivity contribution in [1.29, 1.82) is 0 Å². The molecule has 1 N–H and O–H groups in total. The van der Waals surface area contributed by atoms with Crippen LogP contribution in [0, 0.1) is 0 Å². The Kier molecular flexibility index (Phi) is 4.40. The summed E-state index contributed by atoms with van der Waals surface area (Å²) >= 11 is 0. The summed E-state index contributed by atoms with van der Waals surface area (Å²) in [5, 5.41) is 3.61. The Balaban J connectivity index is 2.19. The summed E-state index contributed by atoms with van der Waals surface area (Å²) in [6, 6.07) is 9.22. The van der Waals surface area contributed by atoms with E-state index in [2.05, 4.69) is 41.4 Å². The first-order chi connectivity index (χ1) is 8.35. The van der Waals surface area contributed by atoms with Gasteiger partial charge in [0.2, 0.25) is 0 Å². The second-order valence-corrected chi connectivity index (χ2v) is 4.55. The number of nitrogens with one attached hydrogen (secondary N) is 1. The first-order valence-electron chi connectivity index (χ1n) is 6.40. The molecule has 1 atom stereocenters. The molecular formula is C14H22N2O. The van der Waals surface area contributed by atoms with E-state index < -0.39 is 0 Å². The van der Waals surface area contributed by atoms with Gasteiger partial charge in [-0.3, -0.25) is 0 Å². The largest absolute Gasteiger partial charge is 0.383 e. The molecule has 1 aliphatic heterocycles. The minimum atomic E-state index is 0.569. The van der Waals surface area contributed by atoms with Crippen LogP contribution >= 0.6 is 0 Å². The zero-order valence-corrected chi connectivity index (χ0v) is 10.8. The van der Waals surface area contributed by atoms with Gasteiger partial charge in [0.1, 0.15) is 0 Å². The first kappa shape index (κ1) is 12.4.